The molecule has 0 aliphatic rings. The summed E-state index contributed by atoms with van der Waals surface area (Å²) in [5.74, 6) is 1.81. The van der Waals surface area contributed by atoms with Gasteiger partial charge in [0.15, 0.2) is 6.61 Å². The second kappa shape index (κ2) is 9.83. The SMILES string of the molecule is CCOc1ccc(OCC(=O)NCC(C)(O)Cc2ccc(OC)cc2)cc1. The molecule has 1 atom stereocenters. The first-order chi connectivity index (χ1) is 12.9. The molecule has 2 aromatic carbocycles. The number of carbonyl (C=O) groups excluding carboxylic acids is 1. The Morgan fingerprint density at radius 3 is 2.11 bits per heavy atom. The Kier molecular flexibility index (Phi) is 7.49. The summed E-state index contributed by atoms with van der Waals surface area (Å²) in [5.41, 5.74) is -0.107. The van der Waals surface area contributed by atoms with Crippen molar-refractivity contribution in [2.75, 3.05) is 26.9 Å². The zero-order valence-electron chi connectivity index (χ0n) is 16.0. The third-order valence-corrected chi connectivity index (χ3v) is 3.92. The number of rotatable bonds is 10. The Balaban J connectivity index is 1.75. The summed E-state index contributed by atoms with van der Waals surface area (Å²) in [5, 5.41) is 13.2. The van der Waals surface area contributed by atoms with E-state index >= 15 is 0 Å². The Hall–Kier alpha value is -2.73. The van der Waals surface area contributed by atoms with Crippen LogP contribution in [0.15, 0.2) is 48.5 Å². The molecule has 1 unspecified atom stereocenters. The molecule has 0 heterocycles. The number of hydrogen-bond acceptors (Lipinski definition) is 5. The molecule has 1 amide bonds. The molecular formula is C21H27NO5. The number of aliphatic hydroxyl groups is 1. The molecular weight excluding hydrogens is 346 g/mol. The van der Waals surface area contributed by atoms with E-state index in [0.29, 0.717) is 18.8 Å². The minimum Gasteiger partial charge on any atom is -0.497 e. The summed E-state index contributed by atoms with van der Waals surface area (Å²) in [6.07, 6.45) is 0.414. The highest BCUT2D eigenvalue weighted by Crippen LogP contribution is 2.18. The van der Waals surface area contributed by atoms with E-state index < -0.39 is 5.60 Å². The normalized spacial score (nSPS) is 12.7. The van der Waals surface area contributed by atoms with Gasteiger partial charge < -0.3 is 24.6 Å². The average molecular weight is 373 g/mol. The summed E-state index contributed by atoms with van der Waals surface area (Å²) < 4.78 is 15.9. The van der Waals surface area contributed by atoms with Crippen molar-refractivity contribution in [2.45, 2.75) is 25.9 Å². The van der Waals surface area contributed by atoms with Crippen molar-refractivity contribution in [1.82, 2.24) is 5.32 Å². The van der Waals surface area contributed by atoms with Gasteiger partial charge in [-0.1, -0.05) is 12.1 Å². The van der Waals surface area contributed by atoms with Gasteiger partial charge in [-0.2, -0.15) is 0 Å². The summed E-state index contributed by atoms with van der Waals surface area (Å²) in [6, 6.07) is 14.5. The van der Waals surface area contributed by atoms with E-state index in [0.717, 1.165) is 17.1 Å². The molecule has 27 heavy (non-hydrogen) atoms. The maximum absolute atomic E-state index is 12.0. The molecule has 0 saturated carbocycles. The molecule has 0 aromatic heterocycles. The summed E-state index contributed by atoms with van der Waals surface area (Å²) in [7, 11) is 1.61. The van der Waals surface area contributed by atoms with Gasteiger partial charge in [-0.15, -0.1) is 0 Å². The van der Waals surface area contributed by atoms with Crippen molar-refractivity contribution in [1.29, 1.82) is 0 Å². The monoisotopic (exact) mass is 373 g/mol. The molecule has 0 fully saturated rings. The highest BCUT2D eigenvalue weighted by molar-refractivity contribution is 5.77. The Morgan fingerprint density at radius 1 is 1.00 bits per heavy atom. The van der Waals surface area contributed by atoms with E-state index in [1.807, 2.05) is 31.2 Å². The van der Waals surface area contributed by atoms with Gasteiger partial charge in [-0.25, -0.2) is 0 Å². The van der Waals surface area contributed by atoms with E-state index in [1.165, 1.54) is 0 Å². The van der Waals surface area contributed by atoms with Crippen LogP contribution in [0.3, 0.4) is 0 Å². The second-order valence-corrected chi connectivity index (χ2v) is 6.49. The quantitative estimate of drug-likeness (QED) is 0.669. The molecule has 6 nitrogen and oxygen atoms in total. The molecule has 0 bridgehead atoms. The maximum Gasteiger partial charge on any atom is 0.258 e. The predicted octanol–water partition coefficient (Wildman–Crippen LogP) is 2.58. The standard InChI is InChI=1S/C21H27NO5/c1-4-26-18-9-11-19(12-10-18)27-14-20(23)22-15-21(2,24)13-16-5-7-17(25-3)8-6-16/h5-12,24H,4,13-15H2,1-3H3,(H,22,23). The lowest BCUT2D eigenvalue weighted by atomic mass is 9.96. The minimum absolute atomic E-state index is 0.118. The van der Waals surface area contributed by atoms with Crippen molar-refractivity contribution in [3.05, 3.63) is 54.1 Å². The van der Waals surface area contributed by atoms with E-state index in [2.05, 4.69) is 5.32 Å². The Labute approximate surface area is 160 Å². The van der Waals surface area contributed by atoms with Gasteiger partial charge in [0.1, 0.15) is 17.2 Å². The van der Waals surface area contributed by atoms with Crippen LogP contribution in [0.25, 0.3) is 0 Å². The topological polar surface area (TPSA) is 77.0 Å². The summed E-state index contributed by atoms with van der Waals surface area (Å²) >= 11 is 0. The zero-order valence-corrected chi connectivity index (χ0v) is 16.0. The number of ether oxygens (including phenoxy) is 3. The number of methoxy groups -OCH3 is 1. The third kappa shape index (κ3) is 7.19. The number of benzene rings is 2. The fourth-order valence-electron chi connectivity index (χ4n) is 2.53. The van der Waals surface area contributed by atoms with Crippen molar-refractivity contribution >= 4 is 5.91 Å². The highest BCUT2D eigenvalue weighted by Gasteiger charge is 2.22. The number of nitrogens with one attached hydrogen (secondary N) is 1. The minimum atomic E-state index is -1.07. The molecule has 0 aliphatic carbocycles. The molecule has 146 valence electrons. The van der Waals surface area contributed by atoms with Crippen LogP contribution in [-0.2, 0) is 11.2 Å². The number of carbonyl (C=O) groups is 1. The lowest BCUT2D eigenvalue weighted by Gasteiger charge is -2.24. The molecule has 6 heteroatoms. The van der Waals surface area contributed by atoms with Crippen LogP contribution in [0.4, 0.5) is 0 Å². The van der Waals surface area contributed by atoms with Gasteiger partial charge >= 0.3 is 0 Å². The van der Waals surface area contributed by atoms with E-state index in [-0.39, 0.29) is 19.1 Å². The van der Waals surface area contributed by atoms with Gasteiger partial charge in [-0.3, -0.25) is 4.79 Å². The Bertz CT molecular complexity index is 710. The van der Waals surface area contributed by atoms with Crippen LogP contribution in [0.5, 0.6) is 17.2 Å². The lowest BCUT2D eigenvalue weighted by molar-refractivity contribution is -0.124. The fraction of sp³-hybridized carbons (Fsp3) is 0.381. The maximum atomic E-state index is 12.0. The van der Waals surface area contributed by atoms with Crippen molar-refractivity contribution < 1.29 is 24.1 Å². The predicted molar refractivity (Wildman–Crippen MR) is 103 cm³/mol. The van der Waals surface area contributed by atoms with Gasteiger partial charge in [0.25, 0.3) is 5.91 Å². The summed E-state index contributed by atoms with van der Waals surface area (Å²) in [4.78, 5) is 12.0. The molecule has 2 aromatic rings. The van der Waals surface area contributed by atoms with Crippen LogP contribution in [0.1, 0.15) is 19.4 Å². The molecule has 2 rings (SSSR count). The van der Waals surface area contributed by atoms with E-state index in [4.69, 9.17) is 14.2 Å². The first-order valence-electron chi connectivity index (χ1n) is 8.89. The van der Waals surface area contributed by atoms with Gasteiger partial charge in [-0.05, 0) is 55.8 Å². The smallest absolute Gasteiger partial charge is 0.258 e. The Morgan fingerprint density at radius 2 is 1.56 bits per heavy atom. The van der Waals surface area contributed by atoms with E-state index in [9.17, 15) is 9.90 Å². The fourth-order valence-corrected chi connectivity index (χ4v) is 2.53. The zero-order chi connectivity index (χ0) is 19.7. The molecule has 0 spiro atoms. The largest absolute Gasteiger partial charge is 0.497 e. The van der Waals surface area contributed by atoms with E-state index in [1.54, 1.807) is 38.3 Å². The van der Waals surface area contributed by atoms with Crippen LogP contribution in [0.2, 0.25) is 0 Å². The number of amides is 1. The molecule has 0 aliphatic heterocycles. The van der Waals surface area contributed by atoms with Crippen LogP contribution >= 0.6 is 0 Å². The highest BCUT2D eigenvalue weighted by atomic mass is 16.5. The number of hydrogen-bond donors (Lipinski definition) is 2. The summed E-state index contributed by atoms with van der Waals surface area (Å²) in [6.45, 7) is 4.21. The average Bonchev–Trinajstić information content (AvgIpc) is 2.66. The second-order valence-electron chi connectivity index (χ2n) is 6.49. The van der Waals surface area contributed by atoms with Crippen molar-refractivity contribution in [2.24, 2.45) is 0 Å². The lowest BCUT2D eigenvalue weighted by Crippen LogP contribution is -2.43. The van der Waals surface area contributed by atoms with Crippen molar-refractivity contribution in [3.8, 4) is 17.2 Å². The first-order valence-corrected chi connectivity index (χ1v) is 8.89. The van der Waals surface area contributed by atoms with Gasteiger partial charge in [0.05, 0.1) is 19.3 Å². The van der Waals surface area contributed by atoms with Gasteiger partial charge in [0.2, 0.25) is 0 Å². The van der Waals surface area contributed by atoms with Crippen LogP contribution < -0.4 is 19.5 Å². The van der Waals surface area contributed by atoms with Gasteiger partial charge in [0, 0.05) is 13.0 Å². The van der Waals surface area contributed by atoms with Crippen LogP contribution in [-0.4, -0.2) is 43.5 Å². The molecule has 2 N–H and O–H groups in total. The first kappa shape index (κ1) is 20.6. The third-order valence-electron chi connectivity index (χ3n) is 3.92. The molecule has 0 saturated heterocycles. The molecule has 0 radical (unpaired) electrons. The van der Waals surface area contributed by atoms with Crippen molar-refractivity contribution in [3.63, 3.8) is 0 Å². The van der Waals surface area contributed by atoms with Crippen LogP contribution in [0, 0.1) is 0 Å².